The van der Waals surface area contributed by atoms with Gasteiger partial charge in [0, 0.05) is 17.3 Å². The van der Waals surface area contributed by atoms with E-state index in [1.807, 2.05) is 43.2 Å². The molecule has 0 aliphatic carbocycles. The van der Waals surface area contributed by atoms with Crippen LogP contribution < -0.4 is 5.32 Å². The number of nitrogens with zero attached hydrogens (tertiary/aromatic N) is 1. The maximum atomic E-state index is 12.9. The first-order chi connectivity index (χ1) is 9.52. The summed E-state index contributed by atoms with van der Waals surface area (Å²) in [6, 6.07) is 3.96. The van der Waals surface area contributed by atoms with Crippen molar-refractivity contribution in [1.29, 1.82) is 0 Å². The molecule has 1 N–H and O–H groups in total. The minimum absolute atomic E-state index is 0.0248. The van der Waals surface area contributed by atoms with Crippen LogP contribution in [0.5, 0.6) is 0 Å². The lowest BCUT2D eigenvalue weighted by molar-refractivity contribution is -0.141. The summed E-state index contributed by atoms with van der Waals surface area (Å²) in [5.41, 5.74) is -0.737. The number of nitrogens with one attached hydrogen (secondary N) is 1. The third-order valence-electron chi connectivity index (χ3n) is 4.18. The molecule has 0 spiro atoms. The van der Waals surface area contributed by atoms with Gasteiger partial charge in [-0.15, -0.1) is 11.3 Å². The van der Waals surface area contributed by atoms with Gasteiger partial charge in [0.1, 0.15) is 5.54 Å². The van der Waals surface area contributed by atoms with Gasteiger partial charge in [-0.25, -0.2) is 0 Å². The fourth-order valence-electron chi connectivity index (χ4n) is 2.75. The Morgan fingerprint density at radius 2 is 2.10 bits per heavy atom. The van der Waals surface area contributed by atoms with Gasteiger partial charge >= 0.3 is 0 Å². The number of rotatable bonds is 4. The first-order valence-corrected chi connectivity index (χ1v) is 8.05. The van der Waals surface area contributed by atoms with E-state index in [9.17, 15) is 9.59 Å². The van der Waals surface area contributed by atoms with E-state index >= 15 is 0 Å². The number of amides is 2. The smallest absolute Gasteiger partial charge is 0.248 e. The molecule has 1 aromatic heterocycles. The van der Waals surface area contributed by atoms with Crippen molar-refractivity contribution >= 4 is 23.2 Å². The summed E-state index contributed by atoms with van der Waals surface area (Å²) >= 11 is 1.64. The van der Waals surface area contributed by atoms with Crippen molar-refractivity contribution in [1.82, 2.24) is 10.2 Å². The Morgan fingerprint density at radius 3 is 2.65 bits per heavy atom. The molecule has 1 aliphatic heterocycles. The van der Waals surface area contributed by atoms with Gasteiger partial charge in [0.2, 0.25) is 11.8 Å². The van der Waals surface area contributed by atoms with Crippen molar-refractivity contribution in [3.8, 4) is 0 Å². The topological polar surface area (TPSA) is 49.4 Å². The SMILES string of the molecule is CCC1(CC)NC(=O)CC(C)N(Cc2cccs2)C1=O. The minimum Gasteiger partial charge on any atom is -0.342 e. The maximum Gasteiger partial charge on any atom is 0.248 e. The Bertz CT molecular complexity index is 480. The number of carbonyl (C=O) groups is 2. The molecule has 1 aromatic rings. The Balaban J connectivity index is 2.32. The largest absolute Gasteiger partial charge is 0.342 e. The van der Waals surface area contributed by atoms with Gasteiger partial charge in [-0.3, -0.25) is 9.59 Å². The average Bonchev–Trinajstić information content (AvgIpc) is 2.91. The van der Waals surface area contributed by atoms with Crippen LogP contribution in [0.3, 0.4) is 0 Å². The van der Waals surface area contributed by atoms with Gasteiger partial charge in [-0.2, -0.15) is 0 Å². The van der Waals surface area contributed by atoms with E-state index in [4.69, 9.17) is 0 Å². The highest BCUT2D eigenvalue weighted by Gasteiger charge is 2.43. The van der Waals surface area contributed by atoms with Crippen LogP contribution >= 0.6 is 11.3 Å². The van der Waals surface area contributed by atoms with Crippen molar-refractivity contribution in [2.24, 2.45) is 0 Å². The highest BCUT2D eigenvalue weighted by Crippen LogP contribution is 2.26. The van der Waals surface area contributed by atoms with E-state index in [0.29, 0.717) is 25.8 Å². The number of thiophene rings is 1. The summed E-state index contributed by atoms with van der Waals surface area (Å²) in [5, 5.41) is 4.97. The minimum atomic E-state index is -0.737. The quantitative estimate of drug-likeness (QED) is 0.927. The molecule has 1 fully saturated rings. The lowest BCUT2D eigenvalue weighted by Crippen LogP contribution is -2.56. The number of hydrogen-bond acceptors (Lipinski definition) is 3. The standard InChI is InChI=1S/C15H22N2O2S/c1-4-15(5-2)14(19)17(10-12-7-6-8-20-12)11(3)9-13(18)16-15/h6-8,11H,4-5,9-10H2,1-3H3,(H,16,18). The summed E-state index contributed by atoms with van der Waals surface area (Å²) in [6.07, 6.45) is 1.63. The fraction of sp³-hybridized carbons (Fsp3) is 0.600. The first kappa shape index (κ1) is 15.0. The van der Waals surface area contributed by atoms with Crippen molar-refractivity contribution in [2.45, 2.75) is 58.2 Å². The molecule has 2 rings (SSSR count). The Labute approximate surface area is 124 Å². The predicted molar refractivity (Wildman–Crippen MR) is 80.4 cm³/mol. The van der Waals surface area contributed by atoms with Crippen LogP contribution in [-0.4, -0.2) is 28.3 Å². The zero-order valence-corrected chi connectivity index (χ0v) is 13.1. The van der Waals surface area contributed by atoms with E-state index in [2.05, 4.69) is 5.32 Å². The Hall–Kier alpha value is -1.36. The van der Waals surface area contributed by atoms with Crippen LogP contribution in [-0.2, 0) is 16.1 Å². The van der Waals surface area contributed by atoms with Crippen molar-refractivity contribution in [2.75, 3.05) is 0 Å². The zero-order valence-electron chi connectivity index (χ0n) is 12.3. The van der Waals surface area contributed by atoms with Crippen molar-refractivity contribution in [3.05, 3.63) is 22.4 Å². The molecule has 2 heterocycles. The molecule has 1 atom stereocenters. The summed E-state index contributed by atoms with van der Waals surface area (Å²) in [6.45, 7) is 6.46. The Morgan fingerprint density at radius 1 is 1.40 bits per heavy atom. The Kier molecular flexibility index (Phi) is 4.48. The summed E-state index contributed by atoms with van der Waals surface area (Å²) in [5.74, 6) is 0.0254. The summed E-state index contributed by atoms with van der Waals surface area (Å²) in [7, 11) is 0. The van der Waals surface area contributed by atoms with E-state index < -0.39 is 5.54 Å². The van der Waals surface area contributed by atoms with Crippen LogP contribution in [0.4, 0.5) is 0 Å². The fourth-order valence-corrected chi connectivity index (χ4v) is 3.45. The molecule has 0 radical (unpaired) electrons. The van der Waals surface area contributed by atoms with Gasteiger partial charge in [0.15, 0.2) is 0 Å². The van der Waals surface area contributed by atoms with Crippen LogP contribution in [0.15, 0.2) is 17.5 Å². The van der Waals surface area contributed by atoms with E-state index in [1.165, 1.54) is 0 Å². The van der Waals surface area contributed by atoms with Gasteiger partial charge in [0.05, 0.1) is 6.54 Å². The molecular formula is C15H22N2O2S. The van der Waals surface area contributed by atoms with Crippen LogP contribution in [0.25, 0.3) is 0 Å². The molecule has 2 amide bonds. The highest BCUT2D eigenvalue weighted by molar-refractivity contribution is 7.09. The van der Waals surface area contributed by atoms with Gasteiger partial charge < -0.3 is 10.2 Å². The van der Waals surface area contributed by atoms with Crippen LogP contribution in [0, 0.1) is 0 Å². The lowest BCUT2D eigenvalue weighted by atomic mass is 9.91. The van der Waals surface area contributed by atoms with E-state index in [-0.39, 0.29) is 17.9 Å². The second kappa shape index (κ2) is 5.95. The van der Waals surface area contributed by atoms with E-state index in [0.717, 1.165) is 4.88 Å². The molecule has 110 valence electrons. The van der Waals surface area contributed by atoms with E-state index in [1.54, 1.807) is 11.3 Å². The van der Waals surface area contributed by atoms with Crippen LogP contribution in [0.1, 0.15) is 44.9 Å². The normalized spacial score (nSPS) is 22.6. The van der Waals surface area contributed by atoms with Gasteiger partial charge in [0.25, 0.3) is 0 Å². The maximum absolute atomic E-state index is 12.9. The van der Waals surface area contributed by atoms with Crippen LogP contribution in [0.2, 0.25) is 0 Å². The molecule has 1 saturated heterocycles. The molecule has 20 heavy (non-hydrogen) atoms. The van der Waals surface area contributed by atoms with Crippen molar-refractivity contribution < 1.29 is 9.59 Å². The summed E-state index contributed by atoms with van der Waals surface area (Å²) < 4.78 is 0. The molecular weight excluding hydrogens is 272 g/mol. The zero-order chi connectivity index (χ0) is 14.8. The van der Waals surface area contributed by atoms with Crippen molar-refractivity contribution in [3.63, 3.8) is 0 Å². The molecule has 0 aromatic carbocycles. The third-order valence-corrected chi connectivity index (χ3v) is 5.04. The lowest BCUT2D eigenvalue weighted by Gasteiger charge is -2.35. The number of hydrogen-bond donors (Lipinski definition) is 1. The molecule has 0 saturated carbocycles. The van der Waals surface area contributed by atoms with Gasteiger partial charge in [-0.05, 0) is 31.2 Å². The second-order valence-corrected chi connectivity index (χ2v) is 6.44. The second-order valence-electron chi connectivity index (χ2n) is 5.40. The molecule has 4 nitrogen and oxygen atoms in total. The molecule has 0 bridgehead atoms. The monoisotopic (exact) mass is 294 g/mol. The summed E-state index contributed by atoms with van der Waals surface area (Å²) in [4.78, 5) is 28.0. The average molecular weight is 294 g/mol. The van der Waals surface area contributed by atoms with Gasteiger partial charge in [-0.1, -0.05) is 19.9 Å². The third kappa shape index (κ3) is 2.73. The predicted octanol–water partition coefficient (Wildman–Crippen LogP) is 2.54. The molecule has 5 heteroatoms. The molecule has 1 aliphatic rings. The molecule has 1 unspecified atom stereocenters. The number of carbonyl (C=O) groups excluding carboxylic acids is 2. The highest BCUT2D eigenvalue weighted by atomic mass is 32.1. The first-order valence-electron chi connectivity index (χ1n) is 7.17.